The molecule has 2 heterocycles. The lowest BCUT2D eigenvalue weighted by Crippen LogP contribution is -2.21. The van der Waals surface area contributed by atoms with Gasteiger partial charge in [-0.05, 0) is 23.4 Å². The summed E-state index contributed by atoms with van der Waals surface area (Å²) < 4.78 is 1.44. The van der Waals surface area contributed by atoms with Gasteiger partial charge in [0.2, 0.25) is 0 Å². The van der Waals surface area contributed by atoms with Crippen LogP contribution in [0.25, 0.3) is 10.1 Å². The van der Waals surface area contributed by atoms with Gasteiger partial charge in [-0.25, -0.2) is 0 Å². The lowest BCUT2D eigenvalue weighted by molar-refractivity contribution is 0.656. The van der Waals surface area contributed by atoms with Crippen molar-refractivity contribution in [1.29, 1.82) is 0 Å². The third-order valence-corrected chi connectivity index (χ3v) is 3.89. The molecule has 1 aromatic heterocycles. The van der Waals surface area contributed by atoms with E-state index in [1.807, 2.05) is 11.3 Å². The van der Waals surface area contributed by atoms with Crippen LogP contribution in [0.2, 0.25) is 0 Å². The summed E-state index contributed by atoms with van der Waals surface area (Å²) in [4.78, 5) is 1.58. The van der Waals surface area contributed by atoms with Crippen LogP contribution >= 0.6 is 23.7 Å². The van der Waals surface area contributed by atoms with Gasteiger partial charge in [0.1, 0.15) is 0 Å². The Morgan fingerprint density at radius 2 is 2.07 bits per heavy atom. The molecule has 74 valence electrons. The quantitative estimate of drug-likeness (QED) is 0.727. The van der Waals surface area contributed by atoms with Gasteiger partial charge >= 0.3 is 0 Å². The number of halogens is 1. The molecular weight excluding hydrogens is 214 g/mol. The minimum atomic E-state index is 0. The zero-order valence-corrected chi connectivity index (χ0v) is 9.38. The van der Waals surface area contributed by atoms with Crippen molar-refractivity contribution < 1.29 is 0 Å². The first-order chi connectivity index (χ1) is 6.45. The molecule has 1 nitrogen and oxygen atoms in total. The van der Waals surface area contributed by atoms with Gasteiger partial charge in [-0.2, -0.15) is 0 Å². The molecule has 14 heavy (non-hydrogen) atoms. The molecule has 1 N–H and O–H groups in total. The second-order valence-corrected chi connectivity index (χ2v) is 4.56. The van der Waals surface area contributed by atoms with Crippen LogP contribution in [0.3, 0.4) is 0 Å². The summed E-state index contributed by atoms with van der Waals surface area (Å²) in [5.74, 6) is 0. The van der Waals surface area contributed by atoms with Crippen molar-refractivity contribution in [2.24, 2.45) is 0 Å². The van der Waals surface area contributed by atoms with Crippen molar-refractivity contribution in [2.45, 2.75) is 13.0 Å². The van der Waals surface area contributed by atoms with E-state index in [9.17, 15) is 0 Å². The van der Waals surface area contributed by atoms with E-state index in [-0.39, 0.29) is 12.4 Å². The number of benzene rings is 1. The summed E-state index contributed by atoms with van der Waals surface area (Å²) in [6.45, 7) is 2.19. The van der Waals surface area contributed by atoms with Crippen molar-refractivity contribution in [3.05, 3.63) is 34.7 Å². The van der Waals surface area contributed by atoms with Gasteiger partial charge in [0.05, 0.1) is 0 Å². The molecule has 0 fully saturated rings. The molecule has 0 saturated carbocycles. The van der Waals surface area contributed by atoms with Crippen LogP contribution < -0.4 is 5.32 Å². The van der Waals surface area contributed by atoms with E-state index in [0.717, 1.165) is 13.1 Å². The monoisotopic (exact) mass is 225 g/mol. The molecule has 2 aromatic rings. The third kappa shape index (κ3) is 1.44. The van der Waals surface area contributed by atoms with Crippen LogP contribution in [0.4, 0.5) is 0 Å². The fourth-order valence-electron chi connectivity index (χ4n) is 1.96. The molecule has 0 unspecified atom stereocenters. The maximum absolute atomic E-state index is 3.43. The molecular formula is C11H12ClNS. The first-order valence-electron chi connectivity index (χ1n) is 4.65. The molecule has 3 heteroatoms. The Labute approximate surface area is 93.5 Å². The molecule has 0 spiro atoms. The molecule has 0 atom stereocenters. The fourth-order valence-corrected chi connectivity index (χ4v) is 3.18. The maximum Gasteiger partial charge on any atom is 0.0349 e. The van der Waals surface area contributed by atoms with Crippen LogP contribution in [0.1, 0.15) is 10.4 Å². The summed E-state index contributed by atoms with van der Waals surface area (Å²) in [5, 5.41) is 4.88. The Bertz CT molecular complexity index is 449. The molecule has 1 aliphatic rings. The highest BCUT2D eigenvalue weighted by molar-refractivity contribution is 7.19. The van der Waals surface area contributed by atoms with Crippen LogP contribution in [-0.2, 0) is 13.0 Å². The molecule has 1 aromatic carbocycles. The van der Waals surface area contributed by atoms with Crippen LogP contribution in [0, 0.1) is 0 Å². The first kappa shape index (κ1) is 9.97. The smallest absolute Gasteiger partial charge is 0.0349 e. The Morgan fingerprint density at radius 3 is 3.00 bits per heavy atom. The van der Waals surface area contributed by atoms with Gasteiger partial charge in [-0.15, -0.1) is 23.7 Å². The number of hydrogen-bond donors (Lipinski definition) is 1. The van der Waals surface area contributed by atoms with Crippen LogP contribution in [0.5, 0.6) is 0 Å². The number of nitrogens with one attached hydrogen (secondary N) is 1. The normalized spacial score (nSPS) is 14.9. The highest BCUT2D eigenvalue weighted by Crippen LogP contribution is 2.32. The summed E-state index contributed by atoms with van der Waals surface area (Å²) in [6, 6.07) is 8.71. The van der Waals surface area contributed by atoms with Crippen molar-refractivity contribution in [1.82, 2.24) is 5.32 Å². The third-order valence-electron chi connectivity index (χ3n) is 2.61. The first-order valence-corrected chi connectivity index (χ1v) is 5.47. The maximum atomic E-state index is 3.43. The Balaban J connectivity index is 0.000000750. The summed E-state index contributed by atoms with van der Waals surface area (Å²) in [6.07, 6.45) is 1.20. The average molecular weight is 226 g/mol. The number of hydrogen-bond acceptors (Lipinski definition) is 2. The Kier molecular flexibility index (Phi) is 2.77. The Morgan fingerprint density at radius 1 is 1.21 bits per heavy atom. The van der Waals surface area contributed by atoms with Gasteiger partial charge in [-0.1, -0.05) is 18.2 Å². The summed E-state index contributed by atoms with van der Waals surface area (Å²) in [7, 11) is 0. The van der Waals surface area contributed by atoms with Crippen molar-refractivity contribution in [2.75, 3.05) is 6.54 Å². The second-order valence-electron chi connectivity index (χ2n) is 3.43. The van der Waals surface area contributed by atoms with Gasteiger partial charge in [-0.3, -0.25) is 0 Å². The number of rotatable bonds is 0. The standard InChI is InChI=1S/C11H11NS.ClH/c1-2-4-10-8(3-1)9-7-12-6-5-11(9)13-10;/h1-4,12H,5-7H2;1H. The number of thiophene rings is 1. The minimum Gasteiger partial charge on any atom is -0.312 e. The summed E-state index contributed by atoms with van der Waals surface area (Å²) in [5.41, 5.74) is 1.53. The number of fused-ring (bicyclic) bond motifs is 3. The van der Waals surface area contributed by atoms with E-state index in [2.05, 4.69) is 29.6 Å². The van der Waals surface area contributed by atoms with E-state index in [4.69, 9.17) is 0 Å². The SMILES string of the molecule is Cl.c1ccc2c3c(sc2c1)CCNC3. The Hall–Kier alpha value is -0.570. The van der Waals surface area contributed by atoms with Crippen molar-refractivity contribution in [3.8, 4) is 0 Å². The lowest BCUT2D eigenvalue weighted by Gasteiger charge is -2.12. The van der Waals surface area contributed by atoms with Gasteiger partial charge in [0.25, 0.3) is 0 Å². The molecule has 0 amide bonds. The van der Waals surface area contributed by atoms with E-state index in [1.54, 1.807) is 4.88 Å². The molecule has 0 aliphatic carbocycles. The summed E-state index contributed by atoms with van der Waals surface area (Å²) >= 11 is 1.96. The van der Waals surface area contributed by atoms with Crippen molar-refractivity contribution in [3.63, 3.8) is 0 Å². The fraction of sp³-hybridized carbons (Fsp3) is 0.273. The van der Waals surface area contributed by atoms with Gasteiger partial charge in [0, 0.05) is 22.7 Å². The second kappa shape index (κ2) is 3.89. The topological polar surface area (TPSA) is 12.0 Å². The molecule has 0 radical (unpaired) electrons. The van der Waals surface area contributed by atoms with Gasteiger partial charge in [0.15, 0.2) is 0 Å². The predicted molar refractivity (Wildman–Crippen MR) is 64.5 cm³/mol. The van der Waals surface area contributed by atoms with Crippen LogP contribution in [-0.4, -0.2) is 6.54 Å². The molecule has 0 saturated heterocycles. The zero-order valence-electron chi connectivity index (χ0n) is 7.75. The van der Waals surface area contributed by atoms with E-state index < -0.39 is 0 Å². The highest BCUT2D eigenvalue weighted by Gasteiger charge is 2.14. The highest BCUT2D eigenvalue weighted by atomic mass is 35.5. The van der Waals surface area contributed by atoms with E-state index >= 15 is 0 Å². The predicted octanol–water partition coefficient (Wildman–Crippen LogP) is 2.97. The lowest BCUT2D eigenvalue weighted by atomic mass is 10.1. The average Bonchev–Trinajstić information content (AvgIpc) is 2.56. The molecule has 3 rings (SSSR count). The van der Waals surface area contributed by atoms with Gasteiger partial charge < -0.3 is 5.32 Å². The van der Waals surface area contributed by atoms with E-state index in [0.29, 0.717) is 0 Å². The largest absolute Gasteiger partial charge is 0.312 e. The zero-order chi connectivity index (χ0) is 8.67. The van der Waals surface area contributed by atoms with Crippen LogP contribution in [0.15, 0.2) is 24.3 Å². The van der Waals surface area contributed by atoms with Crippen molar-refractivity contribution >= 4 is 33.8 Å². The van der Waals surface area contributed by atoms with E-state index in [1.165, 1.54) is 22.1 Å². The molecule has 0 bridgehead atoms. The minimum absolute atomic E-state index is 0. The molecule has 1 aliphatic heterocycles.